The van der Waals surface area contributed by atoms with Gasteiger partial charge in [0.2, 0.25) is 0 Å². The molecular formula is C22H15NO2. The zero-order valence-corrected chi connectivity index (χ0v) is 13.7. The molecule has 4 aromatic rings. The number of methoxy groups -OCH3 is 1. The Labute approximate surface area is 145 Å². The number of hydrogen-bond donors (Lipinski definition) is 0. The van der Waals surface area contributed by atoms with E-state index in [1.165, 1.54) is 0 Å². The highest BCUT2D eigenvalue weighted by Crippen LogP contribution is 2.42. The first-order chi connectivity index (χ1) is 12.3. The van der Waals surface area contributed by atoms with Crippen molar-refractivity contribution in [2.45, 2.75) is 0 Å². The summed E-state index contributed by atoms with van der Waals surface area (Å²) in [7, 11) is 1.66. The van der Waals surface area contributed by atoms with Gasteiger partial charge in [0.1, 0.15) is 11.3 Å². The molecule has 0 saturated carbocycles. The molecule has 0 fully saturated rings. The highest BCUT2D eigenvalue weighted by atomic mass is 16.5. The quantitative estimate of drug-likeness (QED) is 0.434. The molecular weight excluding hydrogens is 310 g/mol. The summed E-state index contributed by atoms with van der Waals surface area (Å²) in [6.07, 6.45) is 0. The lowest BCUT2D eigenvalue weighted by atomic mass is 9.90. The standard InChI is InChI=1S/C22H15NO2/c1-25-20-13-12-16-7-3-5-9-19(16)22(20)21-17(14-23-24)11-10-15-6-2-4-8-18(15)21/h2-13H,1H3. The summed E-state index contributed by atoms with van der Waals surface area (Å²) in [6, 6.07) is 26.7. The van der Waals surface area contributed by atoms with Gasteiger partial charge in [0.25, 0.3) is 0 Å². The number of ether oxygens (including phenoxy) is 1. The molecule has 120 valence electrons. The molecule has 0 amide bonds. The Bertz CT molecular complexity index is 1150. The van der Waals surface area contributed by atoms with Crippen molar-refractivity contribution in [2.75, 3.05) is 7.11 Å². The summed E-state index contributed by atoms with van der Waals surface area (Å²) in [5.74, 6) is 0.754. The third kappa shape index (κ3) is 2.45. The number of rotatable bonds is 2. The van der Waals surface area contributed by atoms with E-state index in [1.807, 2.05) is 54.6 Å². The fourth-order valence-electron chi connectivity index (χ4n) is 3.36. The van der Waals surface area contributed by atoms with E-state index in [0.717, 1.165) is 38.4 Å². The van der Waals surface area contributed by atoms with Gasteiger partial charge in [-0.05, 0) is 33.7 Å². The maximum atomic E-state index is 10.9. The van der Waals surface area contributed by atoms with E-state index in [2.05, 4.69) is 29.3 Å². The van der Waals surface area contributed by atoms with Crippen LogP contribution in [0.2, 0.25) is 0 Å². The van der Waals surface area contributed by atoms with E-state index in [0.29, 0.717) is 5.56 Å². The van der Waals surface area contributed by atoms with Gasteiger partial charge in [0, 0.05) is 16.1 Å². The lowest BCUT2D eigenvalue weighted by molar-refractivity contribution is 0.417. The smallest absolute Gasteiger partial charge is 0.337 e. The molecule has 0 aliphatic rings. The zero-order valence-electron chi connectivity index (χ0n) is 13.7. The molecule has 0 atom stereocenters. The van der Waals surface area contributed by atoms with E-state index < -0.39 is 0 Å². The summed E-state index contributed by atoms with van der Waals surface area (Å²) in [4.78, 5) is 0. The Hall–Kier alpha value is -3.51. The Balaban J connectivity index is 2.23. The minimum atomic E-state index is 0.656. The summed E-state index contributed by atoms with van der Waals surface area (Å²) < 4.78 is 5.65. The Morgan fingerprint density at radius 1 is 0.760 bits per heavy atom. The van der Waals surface area contributed by atoms with Gasteiger partial charge in [0.15, 0.2) is 0 Å². The van der Waals surface area contributed by atoms with Crippen LogP contribution in [0.3, 0.4) is 0 Å². The van der Waals surface area contributed by atoms with Crippen LogP contribution in [0.25, 0.3) is 37.7 Å². The van der Waals surface area contributed by atoms with Crippen molar-refractivity contribution in [3.05, 3.63) is 88.6 Å². The van der Waals surface area contributed by atoms with Gasteiger partial charge in [-0.3, -0.25) is 0 Å². The minimum absolute atomic E-state index is 0.656. The van der Waals surface area contributed by atoms with E-state index in [-0.39, 0.29) is 0 Å². The predicted octanol–water partition coefficient (Wildman–Crippen LogP) is 5.85. The average molecular weight is 325 g/mol. The van der Waals surface area contributed by atoms with Crippen molar-refractivity contribution < 1.29 is 4.74 Å². The van der Waals surface area contributed by atoms with Crippen molar-refractivity contribution >= 4 is 21.5 Å². The molecule has 0 N–H and O–H groups in total. The number of benzene rings is 4. The lowest BCUT2D eigenvalue weighted by Gasteiger charge is -2.15. The van der Waals surface area contributed by atoms with Gasteiger partial charge in [-0.2, -0.15) is 0 Å². The summed E-state index contributed by atoms with van der Waals surface area (Å²) >= 11 is 0. The summed E-state index contributed by atoms with van der Waals surface area (Å²) in [5, 5.41) is 18.1. The second-order valence-electron chi connectivity index (χ2n) is 5.78. The van der Waals surface area contributed by atoms with Gasteiger partial charge < -0.3 is 9.94 Å². The van der Waals surface area contributed by atoms with Crippen molar-refractivity contribution in [3.8, 4) is 22.9 Å². The molecule has 25 heavy (non-hydrogen) atoms. The predicted molar refractivity (Wildman–Crippen MR) is 103 cm³/mol. The topological polar surface area (TPSA) is 36.6 Å². The van der Waals surface area contributed by atoms with E-state index in [9.17, 15) is 5.21 Å². The van der Waals surface area contributed by atoms with E-state index in [1.54, 1.807) is 7.11 Å². The summed E-state index contributed by atoms with van der Waals surface area (Å²) in [6.45, 7) is 0. The third-order valence-corrected chi connectivity index (χ3v) is 4.46. The monoisotopic (exact) mass is 325 g/mol. The molecule has 0 aromatic heterocycles. The van der Waals surface area contributed by atoms with Crippen molar-refractivity contribution in [1.82, 2.24) is 0 Å². The first-order valence-corrected chi connectivity index (χ1v) is 7.99. The molecule has 0 bridgehead atoms. The van der Waals surface area contributed by atoms with Crippen LogP contribution >= 0.6 is 0 Å². The van der Waals surface area contributed by atoms with Crippen LogP contribution in [-0.4, -0.2) is 7.11 Å². The maximum absolute atomic E-state index is 10.9. The average Bonchev–Trinajstić information content (AvgIpc) is 2.67. The number of nitrogens with zero attached hydrogens (tertiary/aromatic N) is 1. The second kappa shape index (κ2) is 6.18. The first kappa shape index (κ1) is 15.0. The molecule has 0 aliphatic heterocycles. The van der Waals surface area contributed by atoms with Crippen LogP contribution in [0.4, 0.5) is 0 Å². The Morgan fingerprint density at radius 2 is 1.36 bits per heavy atom. The van der Waals surface area contributed by atoms with Crippen LogP contribution in [0.1, 0.15) is 5.56 Å². The second-order valence-corrected chi connectivity index (χ2v) is 5.78. The first-order valence-electron chi connectivity index (χ1n) is 7.99. The van der Waals surface area contributed by atoms with Crippen LogP contribution < -0.4 is 4.74 Å². The number of fused-ring (bicyclic) bond motifs is 2. The highest BCUT2D eigenvalue weighted by Gasteiger charge is 2.18. The Kier molecular flexibility index (Phi) is 3.72. The highest BCUT2D eigenvalue weighted by molar-refractivity contribution is 6.09. The van der Waals surface area contributed by atoms with Crippen LogP contribution in [0.15, 0.2) is 72.8 Å². The molecule has 0 radical (unpaired) electrons. The third-order valence-electron chi connectivity index (χ3n) is 4.46. The Morgan fingerprint density at radius 3 is 2.00 bits per heavy atom. The normalized spacial score (nSPS) is 10.4. The minimum Gasteiger partial charge on any atom is -0.498 e. The fourth-order valence-corrected chi connectivity index (χ4v) is 3.36. The van der Waals surface area contributed by atoms with Gasteiger partial charge in [-0.15, -0.1) is 0 Å². The molecule has 0 saturated heterocycles. The molecule has 4 rings (SSSR count). The van der Waals surface area contributed by atoms with E-state index in [4.69, 9.17) is 4.74 Å². The van der Waals surface area contributed by atoms with Crippen LogP contribution in [0, 0.1) is 11.3 Å². The van der Waals surface area contributed by atoms with E-state index >= 15 is 0 Å². The summed E-state index contributed by atoms with van der Waals surface area (Å²) in [5.41, 5.74) is 2.51. The van der Waals surface area contributed by atoms with Gasteiger partial charge in [-0.1, -0.05) is 60.7 Å². The largest absolute Gasteiger partial charge is 0.498 e. The van der Waals surface area contributed by atoms with Gasteiger partial charge >= 0.3 is 6.07 Å². The number of hydrogen-bond acceptors (Lipinski definition) is 2. The molecule has 3 nitrogen and oxygen atoms in total. The van der Waals surface area contributed by atoms with Gasteiger partial charge in [-0.25, -0.2) is 0 Å². The molecule has 0 aliphatic carbocycles. The molecule has 3 heteroatoms. The van der Waals surface area contributed by atoms with Crippen LogP contribution in [0.5, 0.6) is 5.75 Å². The van der Waals surface area contributed by atoms with Crippen LogP contribution in [-0.2, 0) is 0 Å². The molecule has 0 heterocycles. The SMILES string of the molecule is COc1ccc2ccccc2c1-c1c(C#[N+][O-])ccc2ccccc12. The van der Waals surface area contributed by atoms with Crippen molar-refractivity contribution in [1.29, 1.82) is 0 Å². The van der Waals surface area contributed by atoms with Crippen molar-refractivity contribution in [2.24, 2.45) is 0 Å². The maximum Gasteiger partial charge on any atom is 0.337 e. The molecule has 0 spiro atoms. The molecule has 4 aromatic carbocycles. The lowest BCUT2D eigenvalue weighted by Crippen LogP contribution is -1.93. The van der Waals surface area contributed by atoms with Gasteiger partial charge in [0.05, 0.1) is 7.11 Å². The zero-order chi connectivity index (χ0) is 17.2. The molecule has 0 unspecified atom stereocenters. The van der Waals surface area contributed by atoms with Crippen molar-refractivity contribution in [3.63, 3.8) is 0 Å². The fraction of sp³-hybridized carbons (Fsp3) is 0.0455.